The Hall–Kier alpha value is -1.56. The predicted molar refractivity (Wildman–Crippen MR) is 71.1 cm³/mol. The van der Waals surface area contributed by atoms with Crippen LogP contribution in [0.5, 0.6) is 0 Å². The van der Waals surface area contributed by atoms with E-state index >= 15 is 0 Å². The quantitative estimate of drug-likeness (QED) is 0.799. The zero-order valence-electron chi connectivity index (χ0n) is 10.8. The highest BCUT2D eigenvalue weighted by Gasteiger charge is 2.23. The number of rotatable bonds is 2. The van der Waals surface area contributed by atoms with Crippen molar-refractivity contribution >= 4 is 16.0 Å². The Morgan fingerprint density at radius 1 is 1.06 bits per heavy atom. The van der Waals surface area contributed by atoms with E-state index in [0.717, 1.165) is 18.7 Å². The Labute approximate surface area is 108 Å². The molecule has 98 valence electrons. The molecule has 0 atom stereocenters. The van der Waals surface area contributed by atoms with Crippen molar-refractivity contribution in [3.63, 3.8) is 0 Å². The number of likely N-dealkylation sites (N-methyl/N-ethyl adjacent to an activating group) is 2. The second kappa shape index (κ2) is 4.61. The van der Waals surface area contributed by atoms with Gasteiger partial charge in [-0.15, -0.1) is 4.40 Å². The lowest BCUT2D eigenvalue weighted by molar-refractivity contribution is 0.553. The molecule has 0 saturated carbocycles. The summed E-state index contributed by atoms with van der Waals surface area (Å²) >= 11 is 0. The van der Waals surface area contributed by atoms with E-state index in [4.69, 9.17) is 0 Å². The molecular formula is C12H17N3O2S. The van der Waals surface area contributed by atoms with E-state index in [1.807, 2.05) is 30.8 Å². The summed E-state index contributed by atoms with van der Waals surface area (Å²) in [6.45, 7) is 3.50. The van der Waals surface area contributed by atoms with E-state index in [9.17, 15) is 8.42 Å². The maximum Gasteiger partial charge on any atom is 0.285 e. The molecule has 0 unspecified atom stereocenters. The molecular weight excluding hydrogens is 250 g/mol. The molecule has 0 radical (unpaired) electrons. The summed E-state index contributed by atoms with van der Waals surface area (Å²) in [4.78, 5) is 3.91. The number of hydrogen-bond donors (Lipinski definition) is 0. The van der Waals surface area contributed by atoms with E-state index in [2.05, 4.69) is 4.40 Å². The smallest absolute Gasteiger partial charge is 0.285 e. The monoisotopic (exact) mass is 267 g/mol. The molecule has 0 N–H and O–H groups in total. The van der Waals surface area contributed by atoms with E-state index < -0.39 is 10.0 Å². The Bertz CT molecular complexity index is 551. The van der Waals surface area contributed by atoms with Crippen molar-refractivity contribution in [2.24, 2.45) is 4.40 Å². The molecule has 0 aromatic heterocycles. The third-order valence-corrected chi connectivity index (χ3v) is 4.25. The first-order valence-electron chi connectivity index (χ1n) is 5.74. The van der Waals surface area contributed by atoms with Crippen LogP contribution >= 0.6 is 0 Å². The fraction of sp³-hybridized carbons (Fsp3) is 0.417. The molecule has 6 heteroatoms. The molecule has 0 aliphatic carbocycles. The van der Waals surface area contributed by atoms with Gasteiger partial charge in [0.1, 0.15) is 0 Å². The lowest BCUT2D eigenvalue weighted by Crippen LogP contribution is -2.29. The Morgan fingerprint density at radius 3 is 2.06 bits per heavy atom. The number of aryl methyl sites for hydroxylation is 1. The summed E-state index contributed by atoms with van der Waals surface area (Å²) in [6, 6.07) is 6.72. The molecule has 0 spiro atoms. The van der Waals surface area contributed by atoms with Crippen LogP contribution in [0.2, 0.25) is 0 Å². The van der Waals surface area contributed by atoms with E-state index in [1.54, 1.807) is 24.3 Å². The topological polar surface area (TPSA) is 53.0 Å². The van der Waals surface area contributed by atoms with Crippen molar-refractivity contribution in [1.82, 2.24) is 9.80 Å². The van der Waals surface area contributed by atoms with Crippen LogP contribution in [0.3, 0.4) is 0 Å². The van der Waals surface area contributed by atoms with Crippen LogP contribution in [0.4, 0.5) is 0 Å². The summed E-state index contributed by atoms with van der Waals surface area (Å²) in [5, 5.41) is 0. The number of guanidine groups is 1. The molecule has 1 aromatic rings. The summed E-state index contributed by atoms with van der Waals surface area (Å²) in [6.07, 6.45) is 0. The standard InChI is InChI=1S/C12H17N3O2S/c1-10-4-6-11(7-5-10)18(16,17)13-12-14(2)8-9-15(12)3/h4-7H,8-9H2,1-3H3. The van der Waals surface area contributed by atoms with Gasteiger partial charge in [-0.1, -0.05) is 17.7 Å². The predicted octanol–water partition coefficient (Wildman–Crippen LogP) is 0.917. The van der Waals surface area contributed by atoms with Crippen molar-refractivity contribution in [2.45, 2.75) is 11.8 Å². The first-order chi connectivity index (χ1) is 8.40. The van der Waals surface area contributed by atoms with E-state index in [1.165, 1.54) is 0 Å². The number of sulfonamides is 1. The Morgan fingerprint density at radius 2 is 1.56 bits per heavy atom. The molecule has 1 fully saturated rings. The minimum atomic E-state index is -3.62. The summed E-state index contributed by atoms with van der Waals surface area (Å²) < 4.78 is 28.2. The van der Waals surface area contributed by atoms with Crippen LogP contribution in [0, 0.1) is 6.92 Å². The first kappa shape index (κ1) is 12.9. The third kappa shape index (κ3) is 2.48. The van der Waals surface area contributed by atoms with Gasteiger partial charge in [0.05, 0.1) is 4.90 Å². The highest BCUT2D eigenvalue weighted by Crippen LogP contribution is 2.15. The molecule has 1 aliphatic heterocycles. The first-order valence-corrected chi connectivity index (χ1v) is 7.18. The van der Waals surface area contributed by atoms with Crippen molar-refractivity contribution in [3.05, 3.63) is 29.8 Å². The van der Waals surface area contributed by atoms with Crippen molar-refractivity contribution < 1.29 is 8.42 Å². The van der Waals surface area contributed by atoms with E-state index in [-0.39, 0.29) is 4.90 Å². The average Bonchev–Trinajstić information content (AvgIpc) is 2.61. The number of hydrogen-bond acceptors (Lipinski definition) is 2. The van der Waals surface area contributed by atoms with Gasteiger partial charge in [0.25, 0.3) is 10.0 Å². The van der Waals surface area contributed by atoms with Gasteiger partial charge < -0.3 is 9.80 Å². The van der Waals surface area contributed by atoms with Gasteiger partial charge in [-0.3, -0.25) is 0 Å². The number of benzene rings is 1. The Balaban J connectivity index is 2.38. The summed E-state index contributed by atoms with van der Waals surface area (Å²) in [7, 11) is 0.0589. The number of nitrogens with zero attached hydrogens (tertiary/aromatic N) is 3. The van der Waals surface area contributed by atoms with Gasteiger partial charge in [-0.05, 0) is 19.1 Å². The molecule has 1 aromatic carbocycles. The second-order valence-electron chi connectivity index (χ2n) is 4.52. The largest absolute Gasteiger partial charge is 0.343 e. The van der Waals surface area contributed by atoms with Crippen molar-refractivity contribution in [1.29, 1.82) is 0 Å². The minimum absolute atomic E-state index is 0.231. The van der Waals surface area contributed by atoms with Crippen molar-refractivity contribution in [2.75, 3.05) is 27.2 Å². The van der Waals surface area contributed by atoms with E-state index in [0.29, 0.717) is 5.96 Å². The van der Waals surface area contributed by atoms with Crippen LogP contribution in [-0.2, 0) is 10.0 Å². The lowest BCUT2D eigenvalue weighted by Gasteiger charge is -2.15. The zero-order valence-corrected chi connectivity index (χ0v) is 11.6. The molecule has 2 rings (SSSR count). The van der Waals surface area contributed by atoms with Crippen LogP contribution in [0.25, 0.3) is 0 Å². The SMILES string of the molecule is Cc1ccc(S(=O)(=O)N=C2N(C)CCN2C)cc1. The zero-order chi connectivity index (χ0) is 13.3. The van der Waals surface area contributed by atoms with Gasteiger partial charge in [0.2, 0.25) is 5.96 Å². The third-order valence-electron chi connectivity index (χ3n) is 2.97. The van der Waals surface area contributed by atoms with Crippen LogP contribution in [-0.4, -0.2) is 51.4 Å². The molecule has 5 nitrogen and oxygen atoms in total. The molecule has 1 saturated heterocycles. The molecule has 1 aliphatic rings. The fourth-order valence-electron chi connectivity index (χ4n) is 1.80. The molecule has 0 bridgehead atoms. The Kier molecular flexibility index (Phi) is 3.30. The van der Waals surface area contributed by atoms with Crippen molar-refractivity contribution in [3.8, 4) is 0 Å². The fourth-order valence-corrected chi connectivity index (χ4v) is 2.88. The van der Waals surface area contributed by atoms with Gasteiger partial charge in [-0.25, -0.2) is 0 Å². The molecule has 0 amide bonds. The van der Waals surface area contributed by atoms with Gasteiger partial charge in [0, 0.05) is 27.2 Å². The highest BCUT2D eigenvalue weighted by molar-refractivity contribution is 7.90. The molecule has 18 heavy (non-hydrogen) atoms. The van der Waals surface area contributed by atoms with Gasteiger partial charge in [-0.2, -0.15) is 8.42 Å². The highest BCUT2D eigenvalue weighted by atomic mass is 32.2. The maximum atomic E-state index is 12.1. The summed E-state index contributed by atoms with van der Waals surface area (Å²) in [5.74, 6) is 0.496. The van der Waals surface area contributed by atoms with Crippen LogP contribution < -0.4 is 0 Å². The van der Waals surface area contributed by atoms with Crippen LogP contribution in [0.15, 0.2) is 33.6 Å². The average molecular weight is 267 g/mol. The maximum absolute atomic E-state index is 12.1. The van der Waals surface area contributed by atoms with Gasteiger partial charge in [0.15, 0.2) is 0 Å². The summed E-state index contributed by atoms with van der Waals surface area (Å²) in [5.41, 5.74) is 1.02. The lowest BCUT2D eigenvalue weighted by atomic mass is 10.2. The van der Waals surface area contributed by atoms with Gasteiger partial charge >= 0.3 is 0 Å². The second-order valence-corrected chi connectivity index (χ2v) is 6.13. The normalized spacial score (nSPS) is 16.3. The van der Waals surface area contributed by atoms with Crippen LogP contribution in [0.1, 0.15) is 5.56 Å². The minimum Gasteiger partial charge on any atom is -0.343 e. The molecule has 1 heterocycles.